The highest BCUT2D eigenvalue weighted by atomic mass is 32.2. The summed E-state index contributed by atoms with van der Waals surface area (Å²) in [7, 11) is 0. The van der Waals surface area contributed by atoms with Crippen LogP contribution in [-0.4, -0.2) is 55.4 Å². The number of aryl methyl sites for hydroxylation is 2. The molecule has 0 unspecified atom stereocenters. The summed E-state index contributed by atoms with van der Waals surface area (Å²) < 4.78 is 2.17. The van der Waals surface area contributed by atoms with Gasteiger partial charge in [0.2, 0.25) is 11.1 Å². The van der Waals surface area contributed by atoms with Crippen molar-refractivity contribution in [3.63, 3.8) is 0 Å². The molecule has 35 heavy (non-hydrogen) atoms. The molecule has 0 saturated carbocycles. The Hall–Kier alpha value is -3.46. The average molecular weight is 489 g/mol. The number of amidine groups is 2. The number of amides is 2. The van der Waals surface area contributed by atoms with Crippen LogP contribution in [0, 0.1) is 33.1 Å². The summed E-state index contributed by atoms with van der Waals surface area (Å²) in [5, 5.41) is 15.4. The molecule has 0 radical (unpaired) electrons. The molecule has 3 aliphatic rings. The molecule has 2 aromatic rings. The summed E-state index contributed by atoms with van der Waals surface area (Å²) in [6.07, 6.45) is 3.95. The number of rotatable bonds is 4. The smallest absolute Gasteiger partial charge is 0.283 e. The third-order valence-corrected chi connectivity index (χ3v) is 7.75. The van der Waals surface area contributed by atoms with E-state index >= 15 is 0 Å². The fraction of sp³-hybridized carbons (Fsp3) is 0.346. The Bertz CT molecular complexity index is 1360. The largest absolute Gasteiger partial charge is 0.342 e. The molecule has 1 aromatic carbocycles. The van der Waals surface area contributed by atoms with Crippen LogP contribution < -0.4 is 0 Å². The lowest BCUT2D eigenvalue weighted by atomic mass is 10.1. The van der Waals surface area contributed by atoms with Gasteiger partial charge in [0.25, 0.3) is 5.91 Å². The summed E-state index contributed by atoms with van der Waals surface area (Å²) in [6, 6.07) is 8.24. The van der Waals surface area contributed by atoms with Crippen LogP contribution in [-0.2, 0) is 9.59 Å². The molecule has 9 heteroatoms. The van der Waals surface area contributed by atoms with Gasteiger partial charge in [0.1, 0.15) is 5.04 Å². The maximum absolute atomic E-state index is 12.9. The summed E-state index contributed by atoms with van der Waals surface area (Å²) in [5.74, 6) is -0.457. The van der Waals surface area contributed by atoms with Crippen LogP contribution in [0.2, 0.25) is 0 Å². The maximum Gasteiger partial charge on any atom is 0.283 e. The van der Waals surface area contributed by atoms with Crippen molar-refractivity contribution in [3.8, 4) is 5.69 Å². The van der Waals surface area contributed by atoms with E-state index in [-0.39, 0.29) is 23.7 Å². The molecule has 1 fully saturated rings. The number of carbonyl (C=O) groups excluding carboxylic acids is 2. The molecule has 2 amide bonds. The number of thioether (sulfide) groups is 1. The minimum atomic E-state index is -0.465. The molecule has 1 aromatic heterocycles. The second-order valence-corrected chi connectivity index (χ2v) is 10.2. The van der Waals surface area contributed by atoms with E-state index in [1.165, 1.54) is 27.9 Å². The predicted molar refractivity (Wildman–Crippen MR) is 140 cm³/mol. The quantitative estimate of drug-likeness (QED) is 0.648. The van der Waals surface area contributed by atoms with Crippen molar-refractivity contribution in [1.29, 1.82) is 5.41 Å². The first-order valence-corrected chi connectivity index (χ1v) is 12.6. The van der Waals surface area contributed by atoms with Gasteiger partial charge in [-0.2, -0.15) is 15.1 Å². The van der Waals surface area contributed by atoms with Crippen LogP contribution in [0.25, 0.3) is 11.8 Å². The minimum Gasteiger partial charge on any atom is -0.342 e. The van der Waals surface area contributed by atoms with Crippen LogP contribution in [0.3, 0.4) is 0 Å². The van der Waals surface area contributed by atoms with Crippen molar-refractivity contribution < 1.29 is 9.59 Å². The molecule has 0 aliphatic carbocycles. The van der Waals surface area contributed by atoms with Crippen molar-refractivity contribution in [3.05, 3.63) is 57.9 Å². The number of fused-ring (bicyclic) bond motifs is 1. The molecule has 0 bridgehead atoms. The Morgan fingerprint density at radius 2 is 1.91 bits per heavy atom. The number of benzene rings is 1. The number of aromatic nitrogens is 1. The molecular formula is C26H28N6O2S. The van der Waals surface area contributed by atoms with Crippen LogP contribution in [0.5, 0.6) is 0 Å². The van der Waals surface area contributed by atoms with E-state index in [4.69, 9.17) is 5.41 Å². The second-order valence-electron chi connectivity index (χ2n) is 9.16. The lowest BCUT2D eigenvalue weighted by Crippen LogP contribution is -2.35. The highest BCUT2D eigenvalue weighted by molar-refractivity contribution is 8.27. The first-order valence-electron chi connectivity index (χ1n) is 11.8. The first-order chi connectivity index (χ1) is 16.7. The lowest BCUT2D eigenvalue weighted by Gasteiger charge is -2.20. The van der Waals surface area contributed by atoms with Gasteiger partial charge in [-0.1, -0.05) is 12.1 Å². The predicted octanol–water partition coefficient (Wildman–Crippen LogP) is 4.34. The Labute approximate surface area is 208 Å². The fourth-order valence-corrected chi connectivity index (χ4v) is 5.62. The molecule has 0 atom stereocenters. The van der Waals surface area contributed by atoms with Crippen molar-refractivity contribution in [1.82, 2.24) is 14.5 Å². The molecule has 5 rings (SSSR count). The molecule has 1 N–H and O–H groups in total. The third-order valence-electron chi connectivity index (χ3n) is 6.84. The monoisotopic (exact) mass is 488 g/mol. The number of aliphatic imine (C=N–C) groups is 1. The maximum atomic E-state index is 12.9. The molecular weight excluding hydrogens is 460 g/mol. The van der Waals surface area contributed by atoms with Crippen LogP contribution in [0.15, 0.2) is 39.9 Å². The topological polar surface area (TPSA) is 94.1 Å². The van der Waals surface area contributed by atoms with E-state index in [2.05, 4.69) is 40.6 Å². The highest BCUT2D eigenvalue weighted by Gasteiger charge is 2.36. The van der Waals surface area contributed by atoms with Gasteiger partial charge in [0.05, 0.1) is 12.0 Å². The number of likely N-dealkylation sites (tertiary alicyclic amines) is 1. The SMILES string of the molecule is Cc1cccc(-n2c(C)cc(C=C3C(=N)N4N=C(CC(=O)N5CCCC5)SC4=NC3=O)c2C)c1C. The number of carbonyl (C=O) groups is 2. The fourth-order valence-electron chi connectivity index (χ4n) is 4.75. The number of hydrazone groups is 1. The van der Waals surface area contributed by atoms with E-state index < -0.39 is 5.91 Å². The Kier molecular flexibility index (Phi) is 5.96. The Balaban J connectivity index is 1.43. The Morgan fingerprint density at radius 3 is 2.66 bits per heavy atom. The van der Waals surface area contributed by atoms with Gasteiger partial charge in [0, 0.05) is 30.2 Å². The second kappa shape index (κ2) is 8.96. The van der Waals surface area contributed by atoms with Gasteiger partial charge in [-0.15, -0.1) is 0 Å². The molecule has 4 heterocycles. The van der Waals surface area contributed by atoms with E-state index in [1.807, 2.05) is 30.9 Å². The zero-order valence-electron chi connectivity index (χ0n) is 20.4. The average Bonchev–Trinajstić information content (AvgIpc) is 3.54. The standard InChI is InChI=1S/C26H28N6O2S/c1-15-8-7-9-21(17(15)3)31-16(2)12-19(18(31)4)13-20-24(27)32-26(28-25(20)34)35-22(29-32)14-23(33)30-10-5-6-11-30/h7-9,12-13,27H,5-6,10-11,14H2,1-4H3. The van der Waals surface area contributed by atoms with Crippen LogP contribution in [0.1, 0.15) is 47.3 Å². The zero-order chi connectivity index (χ0) is 24.9. The van der Waals surface area contributed by atoms with Crippen LogP contribution in [0.4, 0.5) is 0 Å². The van der Waals surface area contributed by atoms with Crippen molar-refractivity contribution in [2.24, 2.45) is 10.1 Å². The number of hydrogen-bond donors (Lipinski definition) is 1. The van der Waals surface area contributed by atoms with E-state index in [0.29, 0.717) is 10.2 Å². The van der Waals surface area contributed by atoms with Crippen molar-refractivity contribution in [2.45, 2.75) is 47.0 Å². The van der Waals surface area contributed by atoms with Gasteiger partial charge < -0.3 is 9.47 Å². The molecule has 1 saturated heterocycles. The van der Waals surface area contributed by atoms with Crippen LogP contribution >= 0.6 is 11.8 Å². The first kappa shape index (κ1) is 23.3. The Morgan fingerprint density at radius 1 is 1.17 bits per heavy atom. The van der Waals surface area contributed by atoms with Gasteiger partial charge in [0.15, 0.2) is 5.84 Å². The van der Waals surface area contributed by atoms with Gasteiger partial charge in [-0.25, -0.2) is 0 Å². The van der Waals surface area contributed by atoms with E-state index in [9.17, 15) is 9.59 Å². The summed E-state index contributed by atoms with van der Waals surface area (Å²) in [5.41, 5.74) is 6.58. The van der Waals surface area contributed by atoms with Gasteiger partial charge >= 0.3 is 0 Å². The summed E-state index contributed by atoms with van der Waals surface area (Å²) in [4.78, 5) is 31.4. The normalized spacial score (nSPS) is 18.9. The van der Waals surface area contributed by atoms with E-state index in [1.54, 1.807) is 6.08 Å². The number of hydrogen-bond acceptors (Lipinski definition) is 5. The molecule has 8 nitrogen and oxygen atoms in total. The molecule has 3 aliphatic heterocycles. The number of nitrogens with zero attached hydrogens (tertiary/aromatic N) is 5. The summed E-state index contributed by atoms with van der Waals surface area (Å²) in [6.45, 7) is 9.81. The summed E-state index contributed by atoms with van der Waals surface area (Å²) >= 11 is 1.19. The minimum absolute atomic E-state index is 0.0207. The van der Waals surface area contributed by atoms with Gasteiger partial charge in [-0.3, -0.25) is 15.0 Å². The highest BCUT2D eigenvalue weighted by Crippen LogP contribution is 2.31. The van der Waals surface area contributed by atoms with Crippen molar-refractivity contribution in [2.75, 3.05) is 13.1 Å². The molecule has 0 spiro atoms. The van der Waals surface area contributed by atoms with E-state index in [0.717, 1.165) is 48.6 Å². The zero-order valence-corrected chi connectivity index (χ0v) is 21.2. The third kappa shape index (κ3) is 4.14. The van der Waals surface area contributed by atoms with Crippen molar-refractivity contribution >= 4 is 45.7 Å². The lowest BCUT2D eigenvalue weighted by molar-refractivity contribution is -0.128. The molecule has 180 valence electrons. The number of nitrogens with one attached hydrogen (secondary N) is 1. The van der Waals surface area contributed by atoms with Gasteiger partial charge in [-0.05, 0) is 87.2 Å².